The Hall–Kier alpha value is -2.31. The molecule has 0 aliphatic rings. The van der Waals surface area contributed by atoms with Crippen LogP contribution < -0.4 is 5.32 Å². The number of nitrogens with one attached hydrogen (secondary N) is 1. The lowest BCUT2D eigenvalue weighted by atomic mass is 9.87. The smallest absolute Gasteiger partial charge is 0.234 e. The first-order valence-corrected chi connectivity index (χ1v) is 10.9. The van der Waals surface area contributed by atoms with Gasteiger partial charge in [-0.05, 0) is 42.2 Å². The van der Waals surface area contributed by atoms with E-state index in [1.807, 2.05) is 11.5 Å². The molecule has 0 atom stereocenters. The van der Waals surface area contributed by atoms with Gasteiger partial charge in [0.05, 0.1) is 5.75 Å². The van der Waals surface area contributed by atoms with Crippen molar-refractivity contribution in [1.29, 1.82) is 0 Å². The number of thioether (sulfide) groups is 1. The van der Waals surface area contributed by atoms with Crippen LogP contribution >= 0.6 is 23.4 Å². The number of carbonyl (C=O) groups excluding carboxylic acids is 1. The molecule has 1 aromatic heterocycles. The maximum atomic E-state index is 12.3. The zero-order chi connectivity index (χ0) is 21.0. The van der Waals surface area contributed by atoms with Gasteiger partial charge in [0, 0.05) is 22.8 Å². The standard InChI is InChI=1S/C22H25ClN4OS/c1-5-27-20(15-6-8-16(9-7-15)22(2,3)4)25-26-21(27)29-14-19(28)24-18-12-10-17(23)11-13-18/h6-13H,5,14H2,1-4H3,(H,24,28). The Morgan fingerprint density at radius 2 is 1.72 bits per heavy atom. The van der Waals surface area contributed by atoms with Crippen LogP contribution in [0.1, 0.15) is 33.3 Å². The second kappa shape index (κ2) is 9.01. The molecule has 29 heavy (non-hydrogen) atoms. The first-order valence-electron chi connectivity index (χ1n) is 9.50. The molecular weight excluding hydrogens is 404 g/mol. The topological polar surface area (TPSA) is 59.8 Å². The van der Waals surface area contributed by atoms with Crippen molar-refractivity contribution in [2.45, 2.75) is 44.8 Å². The van der Waals surface area contributed by atoms with Gasteiger partial charge in [0.15, 0.2) is 11.0 Å². The van der Waals surface area contributed by atoms with E-state index in [1.165, 1.54) is 17.3 Å². The van der Waals surface area contributed by atoms with Crippen LogP contribution in [0.2, 0.25) is 5.02 Å². The predicted octanol–water partition coefficient (Wildman–Crippen LogP) is 5.65. The molecule has 0 bridgehead atoms. The highest BCUT2D eigenvalue weighted by Crippen LogP contribution is 2.27. The van der Waals surface area contributed by atoms with Crippen LogP contribution in [0.15, 0.2) is 53.7 Å². The van der Waals surface area contributed by atoms with E-state index in [0.717, 1.165) is 28.8 Å². The Kier molecular flexibility index (Phi) is 6.65. The number of hydrogen-bond donors (Lipinski definition) is 1. The molecule has 1 N–H and O–H groups in total. The Morgan fingerprint density at radius 1 is 1.07 bits per heavy atom. The minimum atomic E-state index is -0.0981. The Morgan fingerprint density at radius 3 is 2.31 bits per heavy atom. The number of hydrogen-bond acceptors (Lipinski definition) is 4. The molecule has 0 aliphatic carbocycles. The highest BCUT2D eigenvalue weighted by atomic mass is 35.5. The quantitative estimate of drug-likeness (QED) is 0.515. The van der Waals surface area contributed by atoms with Gasteiger partial charge in [-0.15, -0.1) is 10.2 Å². The van der Waals surface area contributed by atoms with Crippen molar-refractivity contribution in [3.63, 3.8) is 0 Å². The van der Waals surface area contributed by atoms with Crippen LogP contribution in [-0.2, 0) is 16.8 Å². The third-order valence-corrected chi connectivity index (χ3v) is 5.72. The number of anilines is 1. The van der Waals surface area contributed by atoms with Crippen LogP contribution in [0.5, 0.6) is 0 Å². The normalized spacial score (nSPS) is 11.5. The van der Waals surface area contributed by atoms with E-state index in [2.05, 4.69) is 60.6 Å². The SMILES string of the molecule is CCn1c(SCC(=O)Nc2ccc(Cl)cc2)nnc1-c1ccc(C(C)(C)C)cc1. The second-order valence-electron chi connectivity index (χ2n) is 7.72. The molecule has 1 amide bonds. The maximum Gasteiger partial charge on any atom is 0.234 e. The first kappa shape index (κ1) is 21.4. The summed E-state index contributed by atoms with van der Waals surface area (Å²) in [4.78, 5) is 12.3. The van der Waals surface area contributed by atoms with Crippen molar-refractivity contribution in [2.75, 3.05) is 11.1 Å². The maximum absolute atomic E-state index is 12.3. The average molecular weight is 429 g/mol. The number of rotatable bonds is 6. The van der Waals surface area contributed by atoms with Gasteiger partial charge in [0.1, 0.15) is 0 Å². The van der Waals surface area contributed by atoms with Crippen molar-refractivity contribution in [3.8, 4) is 11.4 Å². The highest BCUT2D eigenvalue weighted by Gasteiger charge is 2.17. The second-order valence-corrected chi connectivity index (χ2v) is 9.10. The van der Waals surface area contributed by atoms with Crippen molar-refractivity contribution in [2.24, 2.45) is 0 Å². The van der Waals surface area contributed by atoms with Crippen LogP contribution in [-0.4, -0.2) is 26.4 Å². The van der Waals surface area contributed by atoms with Crippen LogP contribution in [0, 0.1) is 0 Å². The minimum Gasteiger partial charge on any atom is -0.325 e. The van der Waals surface area contributed by atoms with Gasteiger partial charge in [-0.2, -0.15) is 0 Å². The number of halogens is 1. The van der Waals surface area contributed by atoms with Gasteiger partial charge in [-0.25, -0.2) is 0 Å². The molecule has 0 fully saturated rings. The number of amides is 1. The summed E-state index contributed by atoms with van der Waals surface area (Å²) in [6.07, 6.45) is 0. The third kappa shape index (κ3) is 5.40. The summed E-state index contributed by atoms with van der Waals surface area (Å²) in [5, 5.41) is 12.9. The summed E-state index contributed by atoms with van der Waals surface area (Å²) >= 11 is 7.25. The van der Waals surface area contributed by atoms with E-state index in [0.29, 0.717) is 5.02 Å². The van der Waals surface area contributed by atoms with E-state index >= 15 is 0 Å². The highest BCUT2D eigenvalue weighted by molar-refractivity contribution is 7.99. The summed E-state index contributed by atoms with van der Waals surface area (Å²) in [5.74, 6) is 0.969. The largest absolute Gasteiger partial charge is 0.325 e. The molecule has 5 nitrogen and oxygen atoms in total. The van der Waals surface area contributed by atoms with E-state index < -0.39 is 0 Å². The monoisotopic (exact) mass is 428 g/mol. The number of aromatic nitrogens is 3. The van der Waals surface area contributed by atoms with Crippen molar-refractivity contribution in [3.05, 3.63) is 59.1 Å². The van der Waals surface area contributed by atoms with Gasteiger partial charge in [-0.3, -0.25) is 4.79 Å². The summed E-state index contributed by atoms with van der Waals surface area (Å²) in [7, 11) is 0. The van der Waals surface area contributed by atoms with Gasteiger partial charge in [0.25, 0.3) is 0 Å². The van der Waals surface area contributed by atoms with Gasteiger partial charge >= 0.3 is 0 Å². The van der Waals surface area contributed by atoms with Crippen LogP contribution in [0.3, 0.4) is 0 Å². The van der Waals surface area contributed by atoms with Crippen molar-refractivity contribution in [1.82, 2.24) is 14.8 Å². The molecule has 0 aliphatic heterocycles. The molecule has 0 saturated carbocycles. The van der Waals surface area contributed by atoms with E-state index in [1.54, 1.807) is 24.3 Å². The fourth-order valence-corrected chi connectivity index (χ4v) is 3.80. The number of benzene rings is 2. The molecule has 0 saturated heterocycles. The zero-order valence-electron chi connectivity index (χ0n) is 17.1. The number of nitrogens with zero attached hydrogens (tertiary/aromatic N) is 3. The first-order chi connectivity index (χ1) is 13.8. The lowest BCUT2D eigenvalue weighted by Crippen LogP contribution is -2.14. The molecule has 0 radical (unpaired) electrons. The summed E-state index contributed by atoms with van der Waals surface area (Å²) in [5.41, 5.74) is 3.12. The van der Waals surface area contributed by atoms with Crippen molar-refractivity contribution < 1.29 is 4.79 Å². The Balaban J connectivity index is 1.69. The Bertz CT molecular complexity index is 976. The number of carbonyl (C=O) groups is 1. The van der Waals surface area contributed by atoms with E-state index in [4.69, 9.17) is 11.6 Å². The lowest BCUT2D eigenvalue weighted by molar-refractivity contribution is -0.113. The molecule has 1 heterocycles. The molecular formula is C22H25ClN4OS. The minimum absolute atomic E-state index is 0.0981. The lowest BCUT2D eigenvalue weighted by Gasteiger charge is -2.19. The van der Waals surface area contributed by atoms with Gasteiger partial charge < -0.3 is 9.88 Å². The van der Waals surface area contributed by atoms with Crippen LogP contribution in [0.25, 0.3) is 11.4 Å². The molecule has 2 aromatic carbocycles. The zero-order valence-corrected chi connectivity index (χ0v) is 18.6. The molecule has 0 spiro atoms. The van der Waals surface area contributed by atoms with Crippen molar-refractivity contribution >= 4 is 35.0 Å². The average Bonchev–Trinajstić information content (AvgIpc) is 3.10. The van der Waals surface area contributed by atoms with Gasteiger partial charge in [-0.1, -0.05) is 68.4 Å². The van der Waals surface area contributed by atoms with Gasteiger partial charge in [0.2, 0.25) is 5.91 Å². The summed E-state index contributed by atoms with van der Waals surface area (Å²) in [6, 6.07) is 15.5. The molecule has 3 rings (SSSR count). The summed E-state index contributed by atoms with van der Waals surface area (Å²) in [6.45, 7) is 9.36. The fraction of sp³-hybridized carbons (Fsp3) is 0.318. The van der Waals surface area contributed by atoms with Crippen LogP contribution in [0.4, 0.5) is 5.69 Å². The molecule has 3 aromatic rings. The fourth-order valence-electron chi connectivity index (χ4n) is 2.87. The molecule has 7 heteroatoms. The molecule has 0 unspecified atom stereocenters. The summed E-state index contributed by atoms with van der Waals surface area (Å²) < 4.78 is 2.03. The van der Waals surface area contributed by atoms with E-state index in [-0.39, 0.29) is 17.1 Å². The van der Waals surface area contributed by atoms with E-state index in [9.17, 15) is 4.79 Å². The molecule has 152 valence electrons. The third-order valence-electron chi connectivity index (χ3n) is 4.50. The Labute approximate surface area is 180 Å². The predicted molar refractivity (Wildman–Crippen MR) is 121 cm³/mol.